The summed E-state index contributed by atoms with van der Waals surface area (Å²) in [6.45, 7) is 2.04. The van der Waals surface area contributed by atoms with Crippen molar-refractivity contribution in [3.63, 3.8) is 0 Å². The van der Waals surface area contributed by atoms with Crippen LogP contribution in [-0.2, 0) is 0 Å². The number of hydrogen-bond donors (Lipinski definition) is 0. The lowest BCUT2D eigenvalue weighted by Crippen LogP contribution is -1.95. The van der Waals surface area contributed by atoms with Crippen LogP contribution in [0.3, 0.4) is 0 Å². The molecule has 0 spiro atoms. The van der Waals surface area contributed by atoms with Gasteiger partial charge in [0.15, 0.2) is 0 Å². The molecule has 0 saturated heterocycles. The van der Waals surface area contributed by atoms with Crippen LogP contribution in [0.1, 0.15) is 12.5 Å². The number of fused-ring (bicyclic) bond motifs is 1. The fourth-order valence-electron chi connectivity index (χ4n) is 1.98. The van der Waals surface area contributed by atoms with Gasteiger partial charge in [-0.15, -0.1) is 5.10 Å². The molecule has 0 N–H and O–H groups in total. The first-order valence-corrected chi connectivity index (χ1v) is 5.89. The lowest BCUT2D eigenvalue weighted by atomic mass is 10.2. The molecule has 0 aliphatic rings. The van der Waals surface area contributed by atoms with Crippen LogP contribution < -0.4 is 0 Å². The van der Waals surface area contributed by atoms with Crippen molar-refractivity contribution in [3.8, 4) is 0 Å². The molecule has 2 aromatic carbocycles. The summed E-state index contributed by atoms with van der Waals surface area (Å²) >= 11 is 0. The summed E-state index contributed by atoms with van der Waals surface area (Å²) in [5.41, 5.74) is 4.16. The van der Waals surface area contributed by atoms with Crippen LogP contribution in [0.25, 0.3) is 22.8 Å². The summed E-state index contributed by atoms with van der Waals surface area (Å²) in [5.74, 6) is 0. The van der Waals surface area contributed by atoms with Crippen molar-refractivity contribution in [2.75, 3.05) is 0 Å². The first-order chi connectivity index (χ1) is 8.84. The third-order valence-corrected chi connectivity index (χ3v) is 2.86. The molecule has 3 heteroatoms. The number of rotatable bonds is 2. The van der Waals surface area contributed by atoms with Crippen LogP contribution in [0.2, 0.25) is 0 Å². The Balaban J connectivity index is 2.07. The Labute approximate surface area is 105 Å². The first kappa shape index (κ1) is 10.7. The molecule has 18 heavy (non-hydrogen) atoms. The molecular formula is C15H13N3. The van der Waals surface area contributed by atoms with Crippen LogP contribution in [0.15, 0.2) is 54.6 Å². The zero-order valence-corrected chi connectivity index (χ0v) is 10.1. The highest BCUT2D eigenvalue weighted by molar-refractivity contribution is 5.81. The molecule has 1 heterocycles. The van der Waals surface area contributed by atoms with Gasteiger partial charge in [0.1, 0.15) is 5.52 Å². The van der Waals surface area contributed by atoms with Crippen LogP contribution in [0, 0.1) is 0 Å². The van der Waals surface area contributed by atoms with Crippen molar-refractivity contribution in [3.05, 3.63) is 60.2 Å². The molecule has 0 bridgehead atoms. The summed E-state index contributed by atoms with van der Waals surface area (Å²) < 4.78 is 1.86. The summed E-state index contributed by atoms with van der Waals surface area (Å²) in [4.78, 5) is 0. The van der Waals surface area contributed by atoms with E-state index in [1.807, 2.05) is 54.1 Å². The quantitative estimate of drug-likeness (QED) is 0.681. The SMILES string of the molecule is C/C(=C\c1ccccc1)n1nnc2ccccc21. The van der Waals surface area contributed by atoms with Gasteiger partial charge in [-0.25, -0.2) is 4.68 Å². The third-order valence-electron chi connectivity index (χ3n) is 2.86. The van der Waals surface area contributed by atoms with Gasteiger partial charge in [-0.05, 0) is 30.7 Å². The number of allylic oxidation sites excluding steroid dienone is 1. The van der Waals surface area contributed by atoms with Crippen LogP contribution in [-0.4, -0.2) is 15.0 Å². The summed E-state index contributed by atoms with van der Waals surface area (Å²) in [5, 5.41) is 8.34. The molecule has 3 nitrogen and oxygen atoms in total. The van der Waals surface area contributed by atoms with Gasteiger partial charge in [-0.2, -0.15) is 0 Å². The van der Waals surface area contributed by atoms with Gasteiger partial charge >= 0.3 is 0 Å². The van der Waals surface area contributed by atoms with Gasteiger partial charge in [0.2, 0.25) is 0 Å². The van der Waals surface area contributed by atoms with Gasteiger partial charge in [0.25, 0.3) is 0 Å². The van der Waals surface area contributed by atoms with E-state index in [4.69, 9.17) is 0 Å². The maximum atomic E-state index is 4.19. The van der Waals surface area contributed by atoms with E-state index in [0.717, 1.165) is 22.3 Å². The molecule has 0 atom stereocenters. The van der Waals surface area contributed by atoms with Gasteiger partial charge < -0.3 is 0 Å². The van der Waals surface area contributed by atoms with E-state index in [2.05, 4.69) is 28.5 Å². The van der Waals surface area contributed by atoms with Crippen molar-refractivity contribution < 1.29 is 0 Å². The standard InChI is InChI=1S/C15H13N3/c1-12(11-13-7-3-2-4-8-13)18-15-10-6-5-9-14(15)16-17-18/h2-11H,1H3/b12-11+. The van der Waals surface area contributed by atoms with E-state index in [1.54, 1.807) is 0 Å². The molecule has 3 rings (SSSR count). The number of hydrogen-bond acceptors (Lipinski definition) is 2. The van der Waals surface area contributed by atoms with Crippen molar-refractivity contribution in [1.29, 1.82) is 0 Å². The van der Waals surface area contributed by atoms with E-state index in [0.29, 0.717) is 0 Å². The Hall–Kier alpha value is -2.42. The van der Waals surface area contributed by atoms with Gasteiger partial charge in [-0.1, -0.05) is 47.7 Å². The molecule has 0 saturated carbocycles. The monoisotopic (exact) mass is 235 g/mol. The molecule has 0 aliphatic heterocycles. The van der Waals surface area contributed by atoms with E-state index in [-0.39, 0.29) is 0 Å². The van der Waals surface area contributed by atoms with E-state index < -0.39 is 0 Å². The van der Waals surface area contributed by atoms with Crippen molar-refractivity contribution in [1.82, 2.24) is 15.0 Å². The molecule has 0 aliphatic carbocycles. The molecule has 1 aromatic heterocycles. The largest absolute Gasteiger partial charge is 0.217 e. The minimum Gasteiger partial charge on any atom is -0.217 e. The van der Waals surface area contributed by atoms with Crippen LogP contribution in [0.4, 0.5) is 0 Å². The zero-order chi connectivity index (χ0) is 12.4. The number of para-hydroxylation sites is 1. The normalized spacial score (nSPS) is 11.9. The van der Waals surface area contributed by atoms with Gasteiger partial charge in [-0.3, -0.25) is 0 Å². The second-order valence-corrected chi connectivity index (χ2v) is 4.19. The maximum Gasteiger partial charge on any atom is 0.113 e. The lowest BCUT2D eigenvalue weighted by Gasteiger charge is -2.02. The predicted molar refractivity (Wildman–Crippen MR) is 73.8 cm³/mol. The van der Waals surface area contributed by atoms with Crippen LogP contribution in [0.5, 0.6) is 0 Å². The Morgan fingerprint density at radius 3 is 2.56 bits per heavy atom. The molecule has 0 amide bonds. The second kappa shape index (κ2) is 4.45. The van der Waals surface area contributed by atoms with E-state index in [9.17, 15) is 0 Å². The fraction of sp³-hybridized carbons (Fsp3) is 0.0667. The Morgan fingerprint density at radius 1 is 1.00 bits per heavy atom. The Kier molecular flexibility index (Phi) is 2.65. The average Bonchev–Trinajstić information content (AvgIpc) is 2.84. The number of aromatic nitrogens is 3. The third kappa shape index (κ3) is 1.91. The fourth-order valence-corrected chi connectivity index (χ4v) is 1.98. The summed E-state index contributed by atoms with van der Waals surface area (Å²) in [6, 6.07) is 18.2. The van der Waals surface area contributed by atoms with Crippen molar-refractivity contribution in [2.45, 2.75) is 6.92 Å². The highest BCUT2D eigenvalue weighted by atomic mass is 15.4. The average molecular weight is 235 g/mol. The van der Waals surface area contributed by atoms with E-state index >= 15 is 0 Å². The first-order valence-electron chi connectivity index (χ1n) is 5.89. The molecule has 0 fully saturated rings. The minimum absolute atomic E-state index is 0.915. The smallest absolute Gasteiger partial charge is 0.113 e. The van der Waals surface area contributed by atoms with Gasteiger partial charge in [0, 0.05) is 5.70 Å². The zero-order valence-electron chi connectivity index (χ0n) is 10.1. The van der Waals surface area contributed by atoms with Crippen molar-refractivity contribution in [2.24, 2.45) is 0 Å². The van der Waals surface area contributed by atoms with E-state index in [1.165, 1.54) is 0 Å². The predicted octanol–water partition coefficient (Wildman–Crippen LogP) is 3.45. The molecule has 0 radical (unpaired) electrons. The Morgan fingerprint density at radius 2 is 1.72 bits per heavy atom. The molecule has 0 unspecified atom stereocenters. The topological polar surface area (TPSA) is 30.7 Å². The highest BCUT2D eigenvalue weighted by Gasteiger charge is 2.04. The van der Waals surface area contributed by atoms with Gasteiger partial charge in [0.05, 0.1) is 5.52 Å². The van der Waals surface area contributed by atoms with Crippen LogP contribution >= 0.6 is 0 Å². The Bertz CT molecular complexity index is 696. The highest BCUT2D eigenvalue weighted by Crippen LogP contribution is 2.16. The maximum absolute atomic E-state index is 4.19. The lowest BCUT2D eigenvalue weighted by molar-refractivity contribution is 0.838. The summed E-state index contributed by atoms with van der Waals surface area (Å²) in [6.07, 6.45) is 2.10. The minimum atomic E-state index is 0.915. The number of nitrogens with zero attached hydrogens (tertiary/aromatic N) is 3. The molecule has 88 valence electrons. The molecular weight excluding hydrogens is 222 g/mol. The molecule has 3 aromatic rings. The van der Waals surface area contributed by atoms with Crippen molar-refractivity contribution >= 4 is 22.8 Å². The number of benzene rings is 2. The summed E-state index contributed by atoms with van der Waals surface area (Å²) in [7, 11) is 0. The second-order valence-electron chi connectivity index (χ2n) is 4.19.